The number of nitro benzene ring substituents is 1. The smallest absolute Gasteiger partial charge is 0.258 e. The van der Waals surface area contributed by atoms with Crippen molar-refractivity contribution in [2.45, 2.75) is 4.90 Å². The molecule has 0 aromatic heterocycles. The van der Waals surface area contributed by atoms with Crippen molar-refractivity contribution < 1.29 is 4.92 Å². The van der Waals surface area contributed by atoms with Crippen LogP contribution in [-0.2, 0) is 0 Å². The Labute approximate surface area is 166 Å². The van der Waals surface area contributed by atoms with E-state index in [1.54, 1.807) is 12.1 Å². The molecule has 0 saturated carbocycles. The number of para-hydroxylation sites is 1. The summed E-state index contributed by atoms with van der Waals surface area (Å²) < 4.78 is 0. The van der Waals surface area contributed by atoms with E-state index < -0.39 is 4.92 Å². The van der Waals surface area contributed by atoms with Gasteiger partial charge in [-0.25, -0.2) is 4.99 Å². The van der Waals surface area contributed by atoms with E-state index in [0.29, 0.717) is 10.7 Å². The quantitative estimate of drug-likeness (QED) is 0.203. The van der Waals surface area contributed by atoms with E-state index in [1.165, 1.54) is 23.9 Å². The molecule has 3 aromatic rings. The van der Waals surface area contributed by atoms with Crippen molar-refractivity contribution in [2.24, 2.45) is 4.99 Å². The van der Waals surface area contributed by atoms with E-state index in [9.17, 15) is 10.1 Å². The summed E-state index contributed by atoms with van der Waals surface area (Å²) in [5.41, 5.74) is 2.35. The number of nitrogens with zero attached hydrogens (tertiary/aromatic N) is 2. The van der Waals surface area contributed by atoms with Gasteiger partial charge in [0.1, 0.15) is 0 Å². The molecule has 0 radical (unpaired) electrons. The van der Waals surface area contributed by atoms with Crippen molar-refractivity contribution >= 4 is 40.4 Å². The molecular weight excluding hydrogens is 380 g/mol. The summed E-state index contributed by atoms with van der Waals surface area (Å²) in [6.45, 7) is 0. The van der Waals surface area contributed by atoms with Crippen LogP contribution >= 0.6 is 23.4 Å². The highest BCUT2D eigenvalue weighted by Gasteiger charge is 2.07. The SMILES string of the molecule is O=[N+]([O-])c1ccc(C(C=CSc2ccccc2Cl)=Nc2ccccc2)cc1. The third-order valence-corrected chi connectivity index (χ3v) is 4.96. The van der Waals surface area contributed by atoms with Crippen LogP contribution in [-0.4, -0.2) is 10.6 Å². The third-order valence-electron chi connectivity index (χ3n) is 3.64. The Balaban J connectivity index is 1.90. The normalized spacial score (nSPS) is 11.7. The van der Waals surface area contributed by atoms with E-state index >= 15 is 0 Å². The average Bonchev–Trinajstić information content (AvgIpc) is 2.69. The molecule has 0 aliphatic heterocycles. The maximum Gasteiger partial charge on any atom is 0.269 e. The number of rotatable bonds is 6. The number of halogens is 1. The molecule has 3 aromatic carbocycles. The molecule has 0 heterocycles. The Kier molecular flexibility index (Phi) is 6.41. The van der Waals surface area contributed by atoms with Crippen LogP contribution in [0, 0.1) is 10.1 Å². The molecule has 27 heavy (non-hydrogen) atoms. The lowest BCUT2D eigenvalue weighted by atomic mass is 10.1. The number of benzene rings is 3. The van der Waals surface area contributed by atoms with Gasteiger partial charge >= 0.3 is 0 Å². The number of thioether (sulfide) groups is 1. The molecule has 4 nitrogen and oxygen atoms in total. The molecule has 3 rings (SSSR count). The predicted molar refractivity (Wildman–Crippen MR) is 112 cm³/mol. The van der Waals surface area contributed by atoms with Crippen molar-refractivity contribution in [1.29, 1.82) is 0 Å². The second-order valence-electron chi connectivity index (χ2n) is 5.49. The molecule has 0 amide bonds. The van der Waals surface area contributed by atoms with E-state index in [4.69, 9.17) is 11.6 Å². The minimum absolute atomic E-state index is 0.0484. The summed E-state index contributed by atoms with van der Waals surface area (Å²) >= 11 is 7.67. The highest BCUT2D eigenvalue weighted by atomic mass is 35.5. The second kappa shape index (κ2) is 9.16. The second-order valence-corrected chi connectivity index (χ2v) is 6.84. The lowest BCUT2D eigenvalue weighted by molar-refractivity contribution is -0.384. The van der Waals surface area contributed by atoms with Crippen molar-refractivity contribution in [3.05, 3.63) is 111 Å². The molecule has 0 aliphatic rings. The van der Waals surface area contributed by atoms with Gasteiger partial charge in [-0.05, 0) is 47.9 Å². The first kappa shape index (κ1) is 18.9. The summed E-state index contributed by atoms with van der Waals surface area (Å²) in [6.07, 6.45) is 1.88. The first-order valence-corrected chi connectivity index (χ1v) is 9.35. The van der Waals surface area contributed by atoms with Crippen LogP contribution in [0.5, 0.6) is 0 Å². The zero-order valence-corrected chi connectivity index (χ0v) is 15.7. The molecule has 0 unspecified atom stereocenters. The van der Waals surface area contributed by atoms with Crippen molar-refractivity contribution in [2.75, 3.05) is 0 Å². The van der Waals surface area contributed by atoms with Crippen LogP contribution < -0.4 is 0 Å². The van der Waals surface area contributed by atoms with E-state index in [0.717, 1.165) is 16.1 Å². The molecule has 134 valence electrons. The van der Waals surface area contributed by atoms with Crippen LogP contribution in [0.1, 0.15) is 5.56 Å². The molecule has 0 saturated heterocycles. The number of non-ortho nitro benzene ring substituents is 1. The fraction of sp³-hybridized carbons (Fsp3) is 0. The fourth-order valence-electron chi connectivity index (χ4n) is 2.31. The fourth-order valence-corrected chi connectivity index (χ4v) is 3.26. The first-order valence-electron chi connectivity index (χ1n) is 8.10. The average molecular weight is 395 g/mol. The number of hydrogen-bond donors (Lipinski definition) is 0. The summed E-state index contributed by atoms with van der Waals surface area (Å²) in [6, 6.07) is 23.5. The Morgan fingerprint density at radius 1 is 0.963 bits per heavy atom. The molecule has 0 spiro atoms. The molecule has 0 bridgehead atoms. The van der Waals surface area contributed by atoms with E-state index in [-0.39, 0.29) is 5.69 Å². The van der Waals surface area contributed by atoms with Gasteiger partial charge in [-0.1, -0.05) is 53.7 Å². The molecule has 0 N–H and O–H groups in total. The summed E-state index contributed by atoms with van der Waals surface area (Å²) in [4.78, 5) is 16.1. The summed E-state index contributed by atoms with van der Waals surface area (Å²) in [7, 11) is 0. The maximum absolute atomic E-state index is 10.9. The van der Waals surface area contributed by atoms with Gasteiger partial charge in [0.25, 0.3) is 5.69 Å². The summed E-state index contributed by atoms with van der Waals surface area (Å²) in [5, 5.41) is 13.5. The Morgan fingerprint density at radius 2 is 1.63 bits per heavy atom. The standard InChI is InChI=1S/C21H15ClN2O2S/c22-19-8-4-5-9-21(19)27-15-14-20(23-17-6-2-1-3-7-17)16-10-12-18(13-11-16)24(25)26/h1-15H. The highest BCUT2D eigenvalue weighted by molar-refractivity contribution is 8.02. The Hall–Kier alpha value is -2.89. The van der Waals surface area contributed by atoms with Gasteiger partial charge in [-0.3, -0.25) is 10.1 Å². The Bertz CT molecular complexity index is 987. The number of allylic oxidation sites excluding steroid dienone is 1. The number of aliphatic imine (C=N–C) groups is 1. The third kappa shape index (κ3) is 5.29. The predicted octanol–water partition coefficient (Wildman–Crippen LogP) is 6.68. The molecule has 0 aliphatic carbocycles. The van der Waals surface area contributed by atoms with Gasteiger partial charge in [0, 0.05) is 22.6 Å². The van der Waals surface area contributed by atoms with Gasteiger partial charge in [0.15, 0.2) is 0 Å². The van der Waals surface area contributed by atoms with Crippen LogP contribution in [0.2, 0.25) is 5.02 Å². The highest BCUT2D eigenvalue weighted by Crippen LogP contribution is 2.27. The Morgan fingerprint density at radius 3 is 2.30 bits per heavy atom. The molecule has 6 heteroatoms. The van der Waals surface area contributed by atoms with Crippen LogP contribution in [0.15, 0.2) is 100 Å². The largest absolute Gasteiger partial charge is 0.269 e. The minimum atomic E-state index is -0.416. The van der Waals surface area contributed by atoms with Gasteiger partial charge in [0.2, 0.25) is 0 Å². The van der Waals surface area contributed by atoms with Gasteiger partial charge in [-0.2, -0.15) is 0 Å². The zero-order chi connectivity index (χ0) is 19.1. The van der Waals surface area contributed by atoms with Gasteiger partial charge < -0.3 is 0 Å². The lowest BCUT2D eigenvalue weighted by Gasteiger charge is -2.04. The molecule has 0 atom stereocenters. The maximum atomic E-state index is 10.9. The monoisotopic (exact) mass is 394 g/mol. The molecular formula is C21H15ClN2O2S. The number of hydrogen-bond acceptors (Lipinski definition) is 4. The number of nitro groups is 1. The van der Waals surface area contributed by atoms with E-state index in [2.05, 4.69) is 4.99 Å². The van der Waals surface area contributed by atoms with E-state index in [1.807, 2.05) is 66.1 Å². The van der Waals surface area contributed by atoms with Gasteiger partial charge in [0.05, 0.1) is 21.3 Å². The van der Waals surface area contributed by atoms with Crippen molar-refractivity contribution in [3.63, 3.8) is 0 Å². The molecule has 0 fully saturated rings. The first-order chi connectivity index (χ1) is 13.1. The van der Waals surface area contributed by atoms with Crippen molar-refractivity contribution in [3.8, 4) is 0 Å². The van der Waals surface area contributed by atoms with Crippen LogP contribution in [0.25, 0.3) is 0 Å². The topological polar surface area (TPSA) is 55.5 Å². The van der Waals surface area contributed by atoms with Gasteiger partial charge in [-0.15, -0.1) is 0 Å². The van der Waals surface area contributed by atoms with Crippen LogP contribution in [0.3, 0.4) is 0 Å². The van der Waals surface area contributed by atoms with Crippen molar-refractivity contribution in [1.82, 2.24) is 0 Å². The lowest BCUT2D eigenvalue weighted by Crippen LogP contribution is -1.97. The van der Waals surface area contributed by atoms with Crippen LogP contribution in [0.4, 0.5) is 11.4 Å². The zero-order valence-electron chi connectivity index (χ0n) is 14.2. The summed E-state index contributed by atoms with van der Waals surface area (Å²) in [5.74, 6) is 0. The minimum Gasteiger partial charge on any atom is -0.258 e.